The highest BCUT2D eigenvalue weighted by Crippen LogP contribution is 2.33. The van der Waals surface area contributed by atoms with Gasteiger partial charge >= 0.3 is 0 Å². The SMILES string of the molecule is C=CCC1=CC2C=CC1=C2. The first kappa shape index (κ1) is 5.72. The van der Waals surface area contributed by atoms with Gasteiger partial charge in [0.1, 0.15) is 0 Å². The van der Waals surface area contributed by atoms with E-state index in [4.69, 9.17) is 0 Å². The molecular weight excluding hydrogens is 120 g/mol. The highest BCUT2D eigenvalue weighted by molar-refractivity contribution is 5.53. The molecule has 1 unspecified atom stereocenters. The molecule has 1 atom stereocenters. The average molecular weight is 130 g/mol. The molecular formula is C10H10. The molecule has 50 valence electrons. The predicted molar refractivity (Wildman–Crippen MR) is 43.6 cm³/mol. The van der Waals surface area contributed by atoms with Gasteiger partial charge in [-0.25, -0.2) is 0 Å². The Balaban J connectivity index is 2.21. The van der Waals surface area contributed by atoms with Crippen molar-refractivity contribution < 1.29 is 0 Å². The molecule has 0 aliphatic heterocycles. The third-order valence-electron chi connectivity index (χ3n) is 2.00. The number of allylic oxidation sites excluding steroid dienone is 7. The Morgan fingerprint density at radius 2 is 2.40 bits per heavy atom. The lowest BCUT2D eigenvalue weighted by molar-refractivity contribution is 1.08. The second kappa shape index (κ2) is 1.98. The molecule has 0 fully saturated rings. The van der Waals surface area contributed by atoms with Crippen molar-refractivity contribution in [3.8, 4) is 0 Å². The van der Waals surface area contributed by atoms with Crippen LogP contribution in [0, 0.1) is 5.92 Å². The molecule has 0 saturated carbocycles. The fourth-order valence-electron chi connectivity index (χ4n) is 1.52. The zero-order valence-electron chi connectivity index (χ0n) is 5.88. The molecule has 0 heteroatoms. The summed E-state index contributed by atoms with van der Waals surface area (Å²) in [6, 6.07) is 0. The molecule has 0 aromatic rings. The maximum absolute atomic E-state index is 3.72. The fourth-order valence-corrected chi connectivity index (χ4v) is 1.52. The van der Waals surface area contributed by atoms with E-state index >= 15 is 0 Å². The third-order valence-corrected chi connectivity index (χ3v) is 2.00. The molecule has 0 saturated heterocycles. The van der Waals surface area contributed by atoms with Gasteiger partial charge in [0.15, 0.2) is 0 Å². The van der Waals surface area contributed by atoms with E-state index in [1.165, 1.54) is 11.1 Å². The number of rotatable bonds is 2. The maximum atomic E-state index is 3.72. The third kappa shape index (κ3) is 0.688. The maximum Gasteiger partial charge on any atom is 0.0145 e. The van der Waals surface area contributed by atoms with E-state index in [1.54, 1.807) is 0 Å². The van der Waals surface area contributed by atoms with Gasteiger partial charge in [-0.15, -0.1) is 6.58 Å². The standard InChI is InChI=1S/C10H10/c1-2-3-9-6-8-4-5-10(9)7-8/h2,4-8H,1,3H2. The minimum absolute atomic E-state index is 0.602. The molecule has 0 spiro atoms. The molecule has 0 nitrogen and oxygen atoms in total. The lowest BCUT2D eigenvalue weighted by Gasteiger charge is -2.02. The van der Waals surface area contributed by atoms with Crippen molar-refractivity contribution in [3.05, 3.63) is 48.1 Å². The van der Waals surface area contributed by atoms with Crippen molar-refractivity contribution in [1.29, 1.82) is 0 Å². The van der Waals surface area contributed by atoms with Crippen LogP contribution in [-0.4, -0.2) is 0 Å². The summed E-state index contributed by atoms with van der Waals surface area (Å²) in [4.78, 5) is 0. The van der Waals surface area contributed by atoms with Gasteiger partial charge in [0.25, 0.3) is 0 Å². The van der Waals surface area contributed by atoms with Crippen LogP contribution in [-0.2, 0) is 0 Å². The van der Waals surface area contributed by atoms with Crippen LogP contribution in [0.1, 0.15) is 6.42 Å². The molecule has 0 aromatic carbocycles. The average Bonchev–Trinajstić information content (AvgIpc) is 2.48. The van der Waals surface area contributed by atoms with Crippen LogP contribution in [0.5, 0.6) is 0 Å². The molecule has 2 rings (SSSR count). The normalized spacial score (nSPS) is 26.6. The Morgan fingerprint density at radius 3 is 2.90 bits per heavy atom. The Bertz CT molecular complexity index is 251. The van der Waals surface area contributed by atoms with Crippen LogP contribution < -0.4 is 0 Å². The first-order valence-corrected chi connectivity index (χ1v) is 3.62. The summed E-state index contributed by atoms with van der Waals surface area (Å²) in [6.45, 7) is 3.72. The summed E-state index contributed by atoms with van der Waals surface area (Å²) in [5, 5.41) is 0. The molecule has 0 heterocycles. The first-order valence-electron chi connectivity index (χ1n) is 3.62. The molecule has 2 aliphatic carbocycles. The molecule has 10 heavy (non-hydrogen) atoms. The van der Waals surface area contributed by atoms with Crippen molar-refractivity contribution in [2.75, 3.05) is 0 Å². The lowest BCUT2D eigenvalue weighted by atomic mass is 10.0. The smallest absolute Gasteiger partial charge is 0.0145 e. The summed E-state index contributed by atoms with van der Waals surface area (Å²) < 4.78 is 0. The molecule has 0 aromatic heterocycles. The second-order valence-electron chi connectivity index (χ2n) is 2.74. The van der Waals surface area contributed by atoms with Crippen molar-refractivity contribution in [2.24, 2.45) is 5.92 Å². The minimum atomic E-state index is 0.602. The topological polar surface area (TPSA) is 0 Å². The Morgan fingerprint density at radius 1 is 1.50 bits per heavy atom. The largest absolute Gasteiger partial charge is 0.103 e. The molecule has 0 radical (unpaired) electrons. The summed E-state index contributed by atoms with van der Waals surface area (Å²) in [6.07, 6.45) is 12.0. The van der Waals surface area contributed by atoms with Crippen molar-refractivity contribution >= 4 is 0 Å². The van der Waals surface area contributed by atoms with Gasteiger partial charge in [-0.1, -0.05) is 30.4 Å². The summed E-state index contributed by atoms with van der Waals surface area (Å²) >= 11 is 0. The van der Waals surface area contributed by atoms with E-state index < -0.39 is 0 Å². The van der Waals surface area contributed by atoms with Crippen LogP contribution in [0.4, 0.5) is 0 Å². The Kier molecular flexibility index (Phi) is 1.13. The van der Waals surface area contributed by atoms with E-state index in [2.05, 4.69) is 30.9 Å². The van der Waals surface area contributed by atoms with Crippen LogP contribution in [0.25, 0.3) is 0 Å². The van der Waals surface area contributed by atoms with Gasteiger partial charge in [-0.2, -0.15) is 0 Å². The zero-order valence-corrected chi connectivity index (χ0v) is 5.88. The summed E-state index contributed by atoms with van der Waals surface area (Å²) in [5.41, 5.74) is 2.85. The van der Waals surface area contributed by atoms with E-state index in [0.29, 0.717) is 5.92 Å². The minimum Gasteiger partial charge on any atom is -0.103 e. The van der Waals surface area contributed by atoms with Gasteiger partial charge in [0.2, 0.25) is 0 Å². The molecule has 0 N–H and O–H groups in total. The van der Waals surface area contributed by atoms with Gasteiger partial charge in [-0.05, 0) is 17.6 Å². The van der Waals surface area contributed by atoms with Gasteiger partial charge in [-0.3, -0.25) is 0 Å². The van der Waals surface area contributed by atoms with Crippen molar-refractivity contribution in [1.82, 2.24) is 0 Å². The van der Waals surface area contributed by atoms with Crippen LogP contribution in [0.3, 0.4) is 0 Å². The summed E-state index contributed by atoms with van der Waals surface area (Å²) in [5.74, 6) is 0.602. The monoisotopic (exact) mass is 130 g/mol. The van der Waals surface area contributed by atoms with Gasteiger partial charge in [0.05, 0.1) is 0 Å². The number of fused-ring (bicyclic) bond motifs is 1. The fraction of sp³-hybridized carbons (Fsp3) is 0.200. The van der Waals surface area contributed by atoms with Crippen molar-refractivity contribution in [3.63, 3.8) is 0 Å². The van der Waals surface area contributed by atoms with Gasteiger partial charge < -0.3 is 0 Å². The van der Waals surface area contributed by atoms with Gasteiger partial charge in [0, 0.05) is 5.92 Å². The van der Waals surface area contributed by atoms with E-state index in [1.807, 2.05) is 6.08 Å². The van der Waals surface area contributed by atoms with Crippen molar-refractivity contribution in [2.45, 2.75) is 6.42 Å². The Labute approximate surface area is 61.3 Å². The van der Waals surface area contributed by atoms with Crippen LogP contribution in [0.15, 0.2) is 48.1 Å². The quantitative estimate of drug-likeness (QED) is 0.504. The van der Waals surface area contributed by atoms with E-state index in [-0.39, 0.29) is 0 Å². The molecule has 2 bridgehead atoms. The van der Waals surface area contributed by atoms with Crippen LogP contribution in [0.2, 0.25) is 0 Å². The number of hydrogen-bond donors (Lipinski definition) is 0. The zero-order chi connectivity index (χ0) is 6.97. The molecule has 0 amide bonds. The first-order chi connectivity index (χ1) is 4.90. The lowest BCUT2D eigenvalue weighted by Crippen LogP contribution is -1.84. The van der Waals surface area contributed by atoms with E-state index in [0.717, 1.165) is 6.42 Å². The highest BCUT2D eigenvalue weighted by Gasteiger charge is 2.17. The van der Waals surface area contributed by atoms with Crippen LogP contribution >= 0.6 is 0 Å². The summed E-state index contributed by atoms with van der Waals surface area (Å²) in [7, 11) is 0. The number of hydrogen-bond acceptors (Lipinski definition) is 0. The highest BCUT2D eigenvalue weighted by atomic mass is 14.2. The predicted octanol–water partition coefficient (Wildman–Crippen LogP) is 2.61. The Hall–Kier alpha value is -1.04. The molecule has 2 aliphatic rings. The second-order valence-corrected chi connectivity index (χ2v) is 2.74. The van der Waals surface area contributed by atoms with E-state index in [9.17, 15) is 0 Å².